The van der Waals surface area contributed by atoms with Crippen LogP contribution in [0.2, 0.25) is 0 Å². The Morgan fingerprint density at radius 3 is 2.53 bits per heavy atom. The molecule has 0 saturated carbocycles. The van der Waals surface area contributed by atoms with E-state index >= 15 is 0 Å². The van der Waals surface area contributed by atoms with Crippen molar-refractivity contribution >= 4 is 35.1 Å². The van der Waals surface area contributed by atoms with E-state index in [1.54, 1.807) is 29.2 Å². The highest BCUT2D eigenvalue weighted by Gasteiger charge is 2.29. The zero-order chi connectivity index (χ0) is 20.9. The Labute approximate surface area is 174 Å². The van der Waals surface area contributed by atoms with Crippen LogP contribution in [0, 0.1) is 5.92 Å². The van der Waals surface area contributed by atoms with Crippen LogP contribution in [-0.2, 0) is 9.53 Å². The highest BCUT2D eigenvalue weighted by molar-refractivity contribution is 5.96. The number of benzene rings is 2. The summed E-state index contributed by atoms with van der Waals surface area (Å²) in [5.41, 5.74) is 2.03. The molecule has 2 N–H and O–H groups in total. The van der Waals surface area contributed by atoms with Gasteiger partial charge in [-0.1, -0.05) is 24.3 Å². The first-order chi connectivity index (χ1) is 14.6. The molecule has 2 heterocycles. The number of ether oxygens (including phenoxy) is 1. The first kappa shape index (κ1) is 19.8. The molecule has 0 radical (unpaired) electrons. The van der Waals surface area contributed by atoms with Gasteiger partial charge in [-0.15, -0.1) is 0 Å². The Kier molecular flexibility index (Phi) is 5.83. The van der Waals surface area contributed by atoms with Gasteiger partial charge in [0, 0.05) is 30.2 Å². The minimum atomic E-state index is -0.383. The van der Waals surface area contributed by atoms with E-state index in [0.717, 1.165) is 18.5 Å². The summed E-state index contributed by atoms with van der Waals surface area (Å²) >= 11 is 0. The van der Waals surface area contributed by atoms with Crippen LogP contribution in [0.5, 0.6) is 0 Å². The fraction of sp³-hybridized carbons (Fsp3) is 0.318. The third-order valence-corrected chi connectivity index (χ3v) is 5.29. The first-order valence-electron chi connectivity index (χ1n) is 10.1. The van der Waals surface area contributed by atoms with E-state index in [2.05, 4.69) is 10.6 Å². The molecule has 1 atom stereocenters. The monoisotopic (exact) mass is 408 g/mol. The maximum absolute atomic E-state index is 12.8. The lowest BCUT2D eigenvalue weighted by molar-refractivity contribution is -0.121. The van der Waals surface area contributed by atoms with E-state index in [9.17, 15) is 14.4 Å². The molecule has 156 valence electrons. The van der Waals surface area contributed by atoms with Crippen LogP contribution in [0.15, 0.2) is 54.6 Å². The standard InChI is InChI=1S/C22H24N4O4/c27-20(23-18-9-4-10-19(14-18)26-12-13-30-22(26)29)16-6-5-11-25(15-16)21(28)24-17-7-2-1-3-8-17/h1-4,7-10,14,16H,5-6,11-13,15H2,(H,23,27)(H,24,28). The second-order valence-corrected chi connectivity index (χ2v) is 7.39. The van der Waals surface area contributed by atoms with Gasteiger partial charge in [-0.3, -0.25) is 9.69 Å². The number of cyclic esters (lactones) is 1. The third-order valence-electron chi connectivity index (χ3n) is 5.29. The Balaban J connectivity index is 1.36. The number of para-hydroxylation sites is 1. The molecular weight excluding hydrogens is 384 g/mol. The molecule has 2 aromatic carbocycles. The summed E-state index contributed by atoms with van der Waals surface area (Å²) in [5.74, 6) is -0.422. The molecule has 8 heteroatoms. The largest absolute Gasteiger partial charge is 0.447 e. The van der Waals surface area contributed by atoms with Crippen LogP contribution in [-0.4, -0.2) is 49.2 Å². The molecule has 2 aliphatic heterocycles. The summed E-state index contributed by atoms with van der Waals surface area (Å²) in [6.45, 7) is 1.83. The van der Waals surface area contributed by atoms with Crippen LogP contribution >= 0.6 is 0 Å². The number of amides is 4. The van der Waals surface area contributed by atoms with E-state index in [1.807, 2.05) is 30.3 Å². The molecule has 4 rings (SSSR count). The maximum Gasteiger partial charge on any atom is 0.414 e. The van der Waals surface area contributed by atoms with Gasteiger partial charge >= 0.3 is 12.1 Å². The molecule has 30 heavy (non-hydrogen) atoms. The number of nitrogens with one attached hydrogen (secondary N) is 2. The van der Waals surface area contributed by atoms with Crippen molar-refractivity contribution in [3.63, 3.8) is 0 Å². The number of rotatable bonds is 4. The molecule has 2 fully saturated rings. The number of likely N-dealkylation sites (tertiary alicyclic amines) is 1. The number of urea groups is 1. The second-order valence-electron chi connectivity index (χ2n) is 7.39. The van der Waals surface area contributed by atoms with Gasteiger partial charge in [0.15, 0.2) is 0 Å². The van der Waals surface area contributed by atoms with Crippen molar-refractivity contribution < 1.29 is 19.1 Å². The van der Waals surface area contributed by atoms with Crippen LogP contribution in [0.3, 0.4) is 0 Å². The van der Waals surface area contributed by atoms with Gasteiger partial charge in [0.05, 0.1) is 12.5 Å². The zero-order valence-corrected chi connectivity index (χ0v) is 16.5. The van der Waals surface area contributed by atoms with Crippen molar-refractivity contribution in [3.8, 4) is 0 Å². The van der Waals surface area contributed by atoms with Gasteiger partial charge in [0.2, 0.25) is 5.91 Å². The third kappa shape index (κ3) is 4.53. The Bertz CT molecular complexity index is 934. The van der Waals surface area contributed by atoms with Crippen molar-refractivity contribution in [1.82, 2.24) is 4.90 Å². The molecule has 2 saturated heterocycles. The Morgan fingerprint density at radius 2 is 1.77 bits per heavy atom. The summed E-state index contributed by atoms with van der Waals surface area (Å²) in [7, 11) is 0. The predicted octanol–water partition coefficient (Wildman–Crippen LogP) is 3.53. The van der Waals surface area contributed by atoms with Crippen LogP contribution in [0.4, 0.5) is 26.7 Å². The zero-order valence-electron chi connectivity index (χ0n) is 16.5. The number of hydrogen-bond acceptors (Lipinski definition) is 4. The molecule has 0 spiro atoms. The Hall–Kier alpha value is -3.55. The SMILES string of the molecule is O=C(Nc1cccc(N2CCOC2=O)c1)C1CCCN(C(=O)Nc2ccccc2)C1. The number of carbonyl (C=O) groups is 3. The van der Waals surface area contributed by atoms with Gasteiger partial charge in [-0.05, 0) is 43.2 Å². The lowest BCUT2D eigenvalue weighted by atomic mass is 9.97. The quantitative estimate of drug-likeness (QED) is 0.810. The van der Waals surface area contributed by atoms with Gasteiger partial charge in [-0.25, -0.2) is 9.59 Å². The lowest BCUT2D eigenvalue weighted by Gasteiger charge is -2.32. The van der Waals surface area contributed by atoms with Crippen molar-refractivity contribution in [2.45, 2.75) is 12.8 Å². The van der Waals surface area contributed by atoms with Crippen LogP contribution in [0.1, 0.15) is 12.8 Å². The number of nitrogens with zero attached hydrogens (tertiary/aromatic N) is 2. The normalized spacial score (nSPS) is 18.7. The summed E-state index contributed by atoms with van der Waals surface area (Å²) in [6, 6.07) is 16.2. The lowest BCUT2D eigenvalue weighted by Crippen LogP contribution is -2.45. The van der Waals surface area contributed by atoms with Gasteiger partial charge < -0.3 is 20.3 Å². The average Bonchev–Trinajstić information content (AvgIpc) is 3.20. The average molecular weight is 408 g/mol. The van der Waals surface area contributed by atoms with E-state index < -0.39 is 0 Å². The highest BCUT2D eigenvalue weighted by Crippen LogP contribution is 2.24. The molecule has 8 nitrogen and oxygen atoms in total. The van der Waals surface area contributed by atoms with Crippen LogP contribution in [0.25, 0.3) is 0 Å². The summed E-state index contributed by atoms with van der Waals surface area (Å²) < 4.78 is 4.97. The van der Waals surface area contributed by atoms with E-state index in [-0.39, 0.29) is 23.9 Å². The summed E-state index contributed by atoms with van der Waals surface area (Å²) in [6.07, 6.45) is 1.10. The van der Waals surface area contributed by atoms with Crippen molar-refractivity contribution in [3.05, 3.63) is 54.6 Å². The fourth-order valence-corrected chi connectivity index (χ4v) is 3.72. The molecule has 1 unspecified atom stereocenters. The van der Waals surface area contributed by atoms with E-state index in [1.165, 1.54) is 4.90 Å². The summed E-state index contributed by atoms with van der Waals surface area (Å²) in [4.78, 5) is 40.3. The van der Waals surface area contributed by atoms with E-state index in [0.29, 0.717) is 37.6 Å². The number of hydrogen-bond donors (Lipinski definition) is 2. The highest BCUT2D eigenvalue weighted by atomic mass is 16.6. The first-order valence-corrected chi connectivity index (χ1v) is 10.1. The van der Waals surface area contributed by atoms with Crippen molar-refractivity contribution in [2.75, 3.05) is 41.8 Å². The molecule has 2 aromatic rings. The van der Waals surface area contributed by atoms with Crippen molar-refractivity contribution in [1.29, 1.82) is 0 Å². The number of carbonyl (C=O) groups excluding carboxylic acids is 3. The van der Waals surface area contributed by atoms with Gasteiger partial charge in [0.1, 0.15) is 6.61 Å². The molecule has 0 bridgehead atoms. The predicted molar refractivity (Wildman–Crippen MR) is 114 cm³/mol. The van der Waals surface area contributed by atoms with Crippen LogP contribution < -0.4 is 15.5 Å². The smallest absolute Gasteiger partial charge is 0.414 e. The van der Waals surface area contributed by atoms with Crippen molar-refractivity contribution in [2.24, 2.45) is 5.92 Å². The van der Waals surface area contributed by atoms with Gasteiger partial charge in [0.25, 0.3) is 0 Å². The maximum atomic E-state index is 12.8. The van der Waals surface area contributed by atoms with E-state index in [4.69, 9.17) is 4.74 Å². The molecule has 2 aliphatic rings. The fourth-order valence-electron chi connectivity index (χ4n) is 3.72. The molecule has 0 aromatic heterocycles. The minimum absolute atomic E-state index is 0.131. The van der Waals surface area contributed by atoms with Gasteiger partial charge in [-0.2, -0.15) is 0 Å². The Morgan fingerprint density at radius 1 is 0.967 bits per heavy atom. The number of anilines is 3. The molecule has 4 amide bonds. The number of piperidine rings is 1. The summed E-state index contributed by atoms with van der Waals surface area (Å²) in [5, 5.41) is 5.79. The second kappa shape index (κ2) is 8.86. The molecular formula is C22H24N4O4. The molecule has 0 aliphatic carbocycles. The topological polar surface area (TPSA) is 91.0 Å². The minimum Gasteiger partial charge on any atom is -0.447 e.